The van der Waals surface area contributed by atoms with Crippen LogP contribution in [-0.4, -0.2) is 75.0 Å². The Labute approximate surface area is 351 Å². The Kier molecular flexibility index (Phi) is 11.4. The van der Waals surface area contributed by atoms with Gasteiger partial charge in [-0.3, -0.25) is 18.7 Å². The van der Waals surface area contributed by atoms with E-state index in [1.807, 2.05) is 32.9 Å². The highest BCUT2D eigenvalue weighted by Crippen LogP contribution is 2.78. The van der Waals surface area contributed by atoms with Crippen LogP contribution in [0.5, 0.6) is 0 Å². The van der Waals surface area contributed by atoms with Crippen molar-refractivity contribution in [3.8, 4) is 0 Å². The molecule has 1 heterocycles. The van der Waals surface area contributed by atoms with Crippen LogP contribution in [0, 0.1) is 56.7 Å². The van der Waals surface area contributed by atoms with E-state index in [4.69, 9.17) is 4.74 Å². The molecule has 9 atom stereocenters. The highest BCUT2D eigenvalue weighted by molar-refractivity contribution is 8.24. The van der Waals surface area contributed by atoms with Crippen LogP contribution >= 0.6 is 10.6 Å². The molecule has 1 amide bonds. The largest absolute Gasteiger partial charge is 0.456 e. The summed E-state index contributed by atoms with van der Waals surface area (Å²) in [5.74, 6) is 1.75. The van der Waals surface area contributed by atoms with Gasteiger partial charge in [-0.25, -0.2) is 4.79 Å². The number of Topliss-reactive ketones (excluding diaryl/α,β-unsaturated/α-hetero) is 1. The lowest BCUT2D eigenvalue weighted by Crippen LogP contribution is -2.66. The maximum absolute atomic E-state index is 14.6. The third-order valence-corrected chi connectivity index (χ3v) is 19.2. The van der Waals surface area contributed by atoms with E-state index in [2.05, 4.69) is 76.5 Å². The van der Waals surface area contributed by atoms with Crippen molar-refractivity contribution in [1.82, 2.24) is 10.2 Å². The van der Waals surface area contributed by atoms with Crippen LogP contribution in [0.2, 0.25) is 0 Å². The number of ether oxygens (including phenoxy) is 1. The normalized spacial score (nSPS) is 38.5. The second-order valence-corrected chi connectivity index (χ2v) is 24.4. The van der Waals surface area contributed by atoms with Crippen molar-refractivity contribution in [2.75, 3.05) is 37.7 Å². The van der Waals surface area contributed by atoms with E-state index in [9.17, 15) is 23.5 Å². The molecule has 58 heavy (non-hydrogen) atoms. The van der Waals surface area contributed by atoms with Crippen LogP contribution in [0.3, 0.4) is 0 Å². The summed E-state index contributed by atoms with van der Waals surface area (Å²) >= 11 is 0. The van der Waals surface area contributed by atoms with E-state index in [0.717, 1.165) is 69.9 Å². The fraction of sp³-hybridized carbons (Fsp3) is 0.735. The molecule has 0 bridgehead atoms. The van der Waals surface area contributed by atoms with Gasteiger partial charge in [-0.1, -0.05) is 65.0 Å². The standard InChI is InChI=1S/C49H74N2O6S/c1-32(2)35-18-23-49(41(52)42(53)50-26-11-27-51-28-30-58(55,56)31-29-51)25-24-47(9)37(40(35)49)16-17-39-46(8)21-19-36(45(6,7)38(46)20-22-48(39,47)10)33-12-14-34(15-13-33)43(54)57-44(3,4)5/h12-15,19,35,37-40,55-56H,1,11,16-18,20-31H2,2-10H3,(H,50,53)/t35-,37+,38-,39+,40+,46-,47+,48+,49-/m0/s1. The van der Waals surface area contributed by atoms with Gasteiger partial charge < -0.3 is 15.0 Å². The van der Waals surface area contributed by atoms with E-state index in [-0.39, 0.29) is 45.2 Å². The lowest BCUT2D eigenvalue weighted by Gasteiger charge is -2.72. The van der Waals surface area contributed by atoms with E-state index in [0.29, 0.717) is 54.5 Å². The molecule has 0 unspecified atom stereocenters. The van der Waals surface area contributed by atoms with Gasteiger partial charge in [0.1, 0.15) is 5.60 Å². The number of nitrogens with one attached hydrogen (secondary N) is 1. The van der Waals surface area contributed by atoms with Crippen molar-refractivity contribution in [3.05, 3.63) is 53.6 Å². The summed E-state index contributed by atoms with van der Waals surface area (Å²) in [5.41, 5.74) is 3.40. The molecular formula is C49H74N2O6S. The molecule has 0 radical (unpaired) electrons. The van der Waals surface area contributed by atoms with Gasteiger partial charge in [0.15, 0.2) is 0 Å². The number of amides is 1. The molecular weight excluding hydrogens is 745 g/mol. The Bertz CT molecular complexity index is 1820. The van der Waals surface area contributed by atoms with E-state index < -0.39 is 27.5 Å². The molecule has 0 spiro atoms. The number of ketones is 1. The number of nitrogens with zero attached hydrogens (tertiary/aromatic N) is 1. The number of fused-ring (bicyclic) bond motifs is 7. The summed E-state index contributed by atoms with van der Waals surface area (Å²) in [6.07, 6.45) is 12.3. The molecule has 0 aromatic heterocycles. The fourth-order valence-corrected chi connectivity index (χ4v) is 15.9. The maximum atomic E-state index is 14.6. The number of carbonyl (C=O) groups excluding carboxylic acids is 3. The van der Waals surface area contributed by atoms with Crippen LogP contribution in [0.15, 0.2) is 42.5 Å². The van der Waals surface area contributed by atoms with Crippen molar-refractivity contribution in [1.29, 1.82) is 0 Å². The Morgan fingerprint density at radius 3 is 2.21 bits per heavy atom. The van der Waals surface area contributed by atoms with Gasteiger partial charge in [-0.05, 0) is 173 Å². The monoisotopic (exact) mass is 819 g/mol. The first-order chi connectivity index (χ1) is 27.0. The third kappa shape index (κ3) is 7.27. The molecule has 322 valence electrons. The highest BCUT2D eigenvalue weighted by atomic mass is 32.3. The lowest BCUT2D eigenvalue weighted by atomic mass is 9.32. The number of hydrogen-bond donors (Lipinski definition) is 3. The van der Waals surface area contributed by atoms with Crippen LogP contribution in [0.4, 0.5) is 0 Å². The summed E-state index contributed by atoms with van der Waals surface area (Å²) in [6, 6.07) is 8.06. The van der Waals surface area contributed by atoms with Gasteiger partial charge in [0, 0.05) is 25.0 Å². The number of carbonyl (C=O) groups is 3. The minimum Gasteiger partial charge on any atom is -0.456 e. The molecule has 1 saturated heterocycles. The fourth-order valence-electron chi connectivity index (χ4n) is 14.6. The molecule has 6 aliphatic rings. The average Bonchev–Trinajstić information content (AvgIpc) is 3.54. The minimum absolute atomic E-state index is 0.0447. The third-order valence-electron chi connectivity index (χ3n) is 17.5. The van der Waals surface area contributed by atoms with E-state index in [1.54, 1.807) is 0 Å². The van der Waals surface area contributed by atoms with Crippen LogP contribution < -0.4 is 5.32 Å². The van der Waals surface area contributed by atoms with Crippen molar-refractivity contribution < 1.29 is 28.2 Å². The Morgan fingerprint density at radius 1 is 0.897 bits per heavy atom. The number of esters is 1. The molecule has 1 aliphatic heterocycles. The topological polar surface area (TPSA) is 116 Å². The number of rotatable bonds is 9. The second-order valence-electron chi connectivity index (χ2n) is 22.0. The van der Waals surface area contributed by atoms with Gasteiger partial charge in [-0.2, -0.15) is 10.6 Å². The zero-order chi connectivity index (χ0) is 42.3. The smallest absolute Gasteiger partial charge is 0.338 e. The summed E-state index contributed by atoms with van der Waals surface area (Å²) < 4.78 is 25.6. The number of benzene rings is 1. The second kappa shape index (κ2) is 15.2. The molecule has 1 aromatic rings. The van der Waals surface area contributed by atoms with E-state index >= 15 is 0 Å². The number of hydrogen-bond acceptors (Lipinski definition) is 7. The van der Waals surface area contributed by atoms with E-state index in [1.165, 1.54) is 17.6 Å². The van der Waals surface area contributed by atoms with Crippen LogP contribution in [0.25, 0.3) is 5.57 Å². The van der Waals surface area contributed by atoms with Gasteiger partial charge in [0.2, 0.25) is 5.78 Å². The molecule has 8 nitrogen and oxygen atoms in total. The predicted octanol–water partition coefficient (Wildman–Crippen LogP) is 10.4. The molecule has 3 N–H and O–H groups in total. The zero-order valence-corrected chi connectivity index (χ0v) is 38.0. The first-order valence-corrected chi connectivity index (χ1v) is 24.4. The van der Waals surface area contributed by atoms with Crippen molar-refractivity contribution in [2.24, 2.45) is 56.7 Å². The number of allylic oxidation sites excluding steroid dienone is 3. The Balaban J connectivity index is 1.09. The minimum atomic E-state index is -2.43. The Morgan fingerprint density at radius 2 is 1.57 bits per heavy atom. The van der Waals surface area contributed by atoms with Gasteiger partial charge >= 0.3 is 5.97 Å². The first kappa shape index (κ1) is 43.6. The Hall–Kier alpha value is -2.46. The molecule has 7 rings (SSSR count). The zero-order valence-electron chi connectivity index (χ0n) is 37.2. The summed E-state index contributed by atoms with van der Waals surface area (Å²) in [6.45, 7) is 27.6. The maximum Gasteiger partial charge on any atom is 0.338 e. The first-order valence-electron chi connectivity index (χ1n) is 22.5. The SMILES string of the molecule is C=C(C)[C@@H]1CC[C@]2(C(=O)C(=O)NCCCN3CCS(O)(O)CC3)CC[C@]3(C)[C@H](CC[C@@H]4[C@@]5(C)CC=C(c6ccc(C(=O)OC(C)(C)C)cc6)C(C)(C)[C@@H]5CC[C@]43C)[C@@H]12. The molecule has 4 saturated carbocycles. The van der Waals surface area contributed by atoms with Crippen molar-refractivity contribution >= 4 is 33.8 Å². The predicted molar refractivity (Wildman–Crippen MR) is 236 cm³/mol. The van der Waals surface area contributed by atoms with Gasteiger partial charge in [0.05, 0.1) is 17.1 Å². The molecule has 5 fully saturated rings. The van der Waals surface area contributed by atoms with Gasteiger partial charge in [-0.15, -0.1) is 0 Å². The van der Waals surface area contributed by atoms with Gasteiger partial charge in [0.25, 0.3) is 5.91 Å². The van der Waals surface area contributed by atoms with Crippen LogP contribution in [0.1, 0.15) is 142 Å². The van der Waals surface area contributed by atoms with Crippen LogP contribution in [-0.2, 0) is 14.3 Å². The molecule has 9 heteroatoms. The molecule has 1 aromatic carbocycles. The summed E-state index contributed by atoms with van der Waals surface area (Å²) in [5, 5.41) is 3.04. The highest BCUT2D eigenvalue weighted by Gasteiger charge is 2.71. The molecule has 5 aliphatic carbocycles. The lowest BCUT2D eigenvalue weighted by molar-refractivity contribution is -0.224. The quantitative estimate of drug-likeness (QED) is 0.0983. The average molecular weight is 819 g/mol. The van der Waals surface area contributed by atoms with Crippen molar-refractivity contribution in [3.63, 3.8) is 0 Å². The van der Waals surface area contributed by atoms with Crippen molar-refractivity contribution in [2.45, 2.75) is 132 Å². The summed E-state index contributed by atoms with van der Waals surface area (Å²) in [4.78, 5) is 43.5. The summed E-state index contributed by atoms with van der Waals surface area (Å²) in [7, 11) is -2.43.